The maximum absolute atomic E-state index is 13.2. The van der Waals surface area contributed by atoms with Gasteiger partial charge in [0.05, 0.1) is 5.56 Å². The molecule has 0 heterocycles. The molecule has 88 valence electrons. The van der Waals surface area contributed by atoms with E-state index >= 15 is 0 Å². The fourth-order valence-corrected chi connectivity index (χ4v) is 1.52. The van der Waals surface area contributed by atoms with Crippen molar-refractivity contribution in [2.75, 3.05) is 0 Å². The van der Waals surface area contributed by atoms with Crippen LogP contribution >= 0.6 is 0 Å². The second kappa shape index (κ2) is 5.73. The third-order valence-electron chi connectivity index (χ3n) is 2.41. The summed E-state index contributed by atoms with van der Waals surface area (Å²) in [5, 5.41) is 0. The van der Waals surface area contributed by atoms with Gasteiger partial charge in [0.1, 0.15) is 11.6 Å². The maximum Gasteiger partial charge on any atom is 0.165 e. The largest absolute Gasteiger partial charge is 0.294 e. The van der Waals surface area contributed by atoms with Crippen molar-refractivity contribution < 1.29 is 13.6 Å². The Bertz CT molecular complexity index is 372. The van der Waals surface area contributed by atoms with E-state index in [-0.39, 0.29) is 17.8 Å². The number of Topliss-reactive ketones (excluding diaryl/α,β-unsaturated/α-hetero) is 1. The lowest BCUT2D eigenvalue weighted by atomic mass is 10.0. The van der Waals surface area contributed by atoms with Gasteiger partial charge in [0, 0.05) is 6.42 Å². The fourth-order valence-electron chi connectivity index (χ4n) is 1.52. The molecule has 1 rings (SSSR count). The Labute approximate surface area is 94.5 Å². The highest BCUT2D eigenvalue weighted by Crippen LogP contribution is 2.15. The smallest absolute Gasteiger partial charge is 0.165 e. The summed E-state index contributed by atoms with van der Waals surface area (Å²) in [6.45, 7) is 4.13. The van der Waals surface area contributed by atoms with Gasteiger partial charge < -0.3 is 0 Å². The number of benzene rings is 1. The molecule has 0 saturated heterocycles. The van der Waals surface area contributed by atoms with Crippen molar-refractivity contribution in [3.63, 3.8) is 0 Å². The molecule has 0 bridgehead atoms. The molecule has 1 aromatic rings. The molecule has 0 unspecified atom stereocenters. The minimum atomic E-state index is -0.643. The maximum atomic E-state index is 13.2. The molecule has 0 amide bonds. The van der Waals surface area contributed by atoms with Crippen LogP contribution in [0.15, 0.2) is 18.2 Å². The lowest BCUT2D eigenvalue weighted by Crippen LogP contribution is -2.03. The van der Waals surface area contributed by atoms with Crippen LogP contribution in [0.2, 0.25) is 0 Å². The van der Waals surface area contributed by atoms with Crippen molar-refractivity contribution in [2.45, 2.75) is 33.1 Å². The van der Waals surface area contributed by atoms with Crippen LogP contribution in [0, 0.1) is 17.6 Å². The number of hydrogen-bond acceptors (Lipinski definition) is 1. The van der Waals surface area contributed by atoms with Crippen molar-refractivity contribution in [1.82, 2.24) is 0 Å². The first-order valence-corrected chi connectivity index (χ1v) is 5.49. The van der Waals surface area contributed by atoms with E-state index in [1.165, 1.54) is 0 Å². The molecule has 0 saturated carbocycles. The van der Waals surface area contributed by atoms with Crippen LogP contribution in [-0.2, 0) is 0 Å². The van der Waals surface area contributed by atoms with Gasteiger partial charge in [-0.2, -0.15) is 0 Å². The van der Waals surface area contributed by atoms with Crippen LogP contribution < -0.4 is 0 Å². The molecule has 0 aliphatic carbocycles. The summed E-state index contributed by atoms with van der Waals surface area (Å²) in [6, 6.07) is 2.97. The van der Waals surface area contributed by atoms with Crippen molar-refractivity contribution in [1.29, 1.82) is 0 Å². The lowest BCUT2D eigenvalue weighted by molar-refractivity contribution is 0.0974. The normalized spacial score (nSPS) is 10.8. The van der Waals surface area contributed by atoms with Gasteiger partial charge in [0.15, 0.2) is 5.78 Å². The summed E-state index contributed by atoms with van der Waals surface area (Å²) in [5.74, 6) is -1.02. The SMILES string of the molecule is CC(C)CCCC(=O)c1cc(F)ccc1F. The topological polar surface area (TPSA) is 17.1 Å². The summed E-state index contributed by atoms with van der Waals surface area (Å²) < 4.78 is 26.1. The van der Waals surface area contributed by atoms with Gasteiger partial charge in [-0.05, 0) is 30.5 Å². The van der Waals surface area contributed by atoms with Crippen LogP contribution in [0.1, 0.15) is 43.5 Å². The third-order valence-corrected chi connectivity index (χ3v) is 2.41. The Morgan fingerprint density at radius 2 is 2.00 bits per heavy atom. The van der Waals surface area contributed by atoms with Crippen molar-refractivity contribution >= 4 is 5.78 Å². The molecule has 0 N–H and O–H groups in total. The predicted molar refractivity (Wildman–Crippen MR) is 59.4 cm³/mol. The second-order valence-corrected chi connectivity index (χ2v) is 4.33. The van der Waals surface area contributed by atoms with Gasteiger partial charge in [0.2, 0.25) is 0 Å². The van der Waals surface area contributed by atoms with E-state index < -0.39 is 11.6 Å². The molecule has 16 heavy (non-hydrogen) atoms. The average Bonchev–Trinajstić information content (AvgIpc) is 2.21. The summed E-state index contributed by atoms with van der Waals surface area (Å²) in [6.07, 6.45) is 1.91. The molecular weight excluding hydrogens is 210 g/mol. The Morgan fingerprint density at radius 1 is 1.31 bits per heavy atom. The molecule has 3 heteroatoms. The standard InChI is InChI=1S/C13H16F2O/c1-9(2)4-3-5-13(16)11-8-10(14)6-7-12(11)15/h6-9H,3-5H2,1-2H3. The highest BCUT2D eigenvalue weighted by atomic mass is 19.1. The first-order valence-electron chi connectivity index (χ1n) is 5.49. The van der Waals surface area contributed by atoms with Crippen molar-refractivity contribution in [3.8, 4) is 0 Å². The van der Waals surface area contributed by atoms with E-state index in [1.54, 1.807) is 0 Å². The monoisotopic (exact) mass is 226 g/mol. The van der Waals surface area contributed by atoms with Crippen LogP contribution in [0.3, 0.4) is 0 Å². The zero-order valence-electron chi connectivity index (χ0n) is 9.59. The van der Waals surface area contributed by atoms with Gasteiger partial charge in [-0.25, -0.2) is 8.78 Å². The number of halogens is 2. The molecule has 1 aromatic carbocycles. The van der Waals surface area contributed by atoms with Crippen molar-refractivity contribution in [3.05, 3.63) is 35.4 Å². The zero-order valence-corrected chi connectivity index (χ0v) is 9.59. The van der Waals surface area contributed by atoms with Gasteiger partial charge >= 0.3 is 0 Å². The van der Waals surface area contributed by atoms with Crippen LogP contribution in [0.25, 0.3) is 0 Å². The van der Waals surface area contributed by atoms with Crippen LogP contribution in [0.4, 0.5) is 8.78 Å². The Hall–Kier alpha value is -1.25. The van der Waals surface area contributed by atoms with E-state index in [4.69, 9.17) is 0 Å². The first-order chi connectivity index (χ1) is 7.50. The zero-order chi connectivity index (χ0) is 12.1. The Morgan fingerprint density at radius 3 is 2.62 bits per heavy atom. The molecule has 0 aliphatic rings. The molecular formula is C13H16F2O. The van der Waals surface area contributed by atoms with E-state index in [2.05, 4.69) is 13.8 Å². The Kier molecular flexibility index (Phi) is 4.59. The van der Waals surface area contributed by atoms with E-state index in [1.807, 2.05) is 0 Å². The molecule has 0 atom stereocenters. The minimum absolute atomic E-state index is 0.135. The number of carbonyl (C=O) groups excluding carboxylic acids is 1. The summed E-state index contributed by atoms with van der Waals surface area (Å²) in [5.41, 5.74) is -0.135. The minimum Gasteiger partial charge on any atom is -0.294 e. The predicted octanol–water partition coefficient (Wildman–Crippen LogP) is 3.97. The molecule has 0 aromatic heterocycles. The van der Waals surface area contributed by atoms with Crippen molar-refractivity contribution in [2.24, 2.45) is 5.92 Å². The van der Waals surface area contributed by atoms with Gasteiger partial charge in [-0.15, -0.1) is 0 Å². The summed E-state index contributed by atoms with van der Waals surface area (Å²) >= 11 is 0. The first kappa shape index (κ1) is 12.8. The summed E-state index contributed by atoms with van der Waals surface area (Å²) in [7, 11) is 0. The molecule has 0 spiro atoms. The van der Waals surface area contributed by atoms with Crippen LogP contribution in [0.5, 0.6) is 0 Å². The van der Waals surface area contributed by atoms with Crippen LogP contribution in [-0.4, -0.2) is 5.78 Å². The van der Waals surface area contributed by atoms with Gasteiger partial charge in [-0.1, -0.05) is 20.3 Å². The molecule has 0 fully saturated rings. The second-order valence-electron chi connectivity index (χ2n) is 4.33. The van der Waals surface area contributed by atoms with E-state index in [0.717, 1.165) is 24.6 Å². The third kappa shape index (κ3) is 3.72. The molecule has 0 aliphatic heterocycles. The fraction of sp³-hybridized carbons (Fsp3) is 0.462. The number of ketones is 1. The van der Waals surface area contributed by atoms with E-state index in [9.17, 15) is 13.6 Å². The number of rotatable bonds is 5. The number of carbonyl (C=O) groups is 1. The quantitative estimate of drug-likeness (QED) is 0.694. The Balaban J connectivity index is 2.62. The highest BCUT2D eigenvalue weighted by Gasteiger charge is 2.12. The summed E-state index contributed by atoms with van der Waals surface area (Å²) in [4.78, 5) is 11.6. The average molecular weight is 226 g/mol. The number of hydrogen-bond donors (Lipinski definition) is 0. The molecule has 0 radical (unpaired) electrons. The lowest BCUT2D eigenvalue weighted by Gasteiger charge is -2.05. The van der Waals surface area contributed by atoms with E-state index in [0.29, 0.717) is 12.3 Å². The van der Waals surface area contributed by atoms with Gasteiger partial charge in [0.25, 0.3) is 0 Å². The molecule has 1 nitrogen and oxygen atoms in total. The highest BCUT2D eigenvalue weighted by molar-refractivity contribution is 5.96. The van der Waals surface area contributed by atoms with Gasteiger partial charge in [-0.3, -0.25) is 4.79 Å².